The monoisotopic (exact) mass is 498 g/mol. The molecule has 2 heterocycles. The molecule has 1 N–H and O–H groups in total. The van der Waals surface area contributed by atoms with E-state index in [2.05, 4.69) is 25.0 Å². The number of nitrogens with one attached hydrogen (secondary N) is 1. The van der Waals surface area contributed by atoms with Crippen LogP contribution in [-0.2, 0) is 23.7 Å². The maximum Gasteiger partial charge on any atom is 0.264 e. The molecule has 2 aromatic carbocycles. The molecule has 0 atom stereocenters. The molecule has 31 heavy (non-hydrogen) atoms. The summed E-state index contributed by atoms with van der Waals surface area (Å²) in [6.07, 6.45) is 1.19. The summed E-state index contributed by atoms with van der Waals surface area (Å²) >= 11 is 17.9. The fraction of sp³-hybridized carbons (Fsp3) is 0.111. The van der Waals surface area contributed by atoms with Crippen LogP contribution < -0.4 is 9.46 Å². The van der Waals surface area contributed by atoms with Gasteiger partial charge in [-0.3, -0.25) is 4.72 Å². The fourth-order valence-corrected chi connectivity index (χ4v) is 4.62. The van der Waals surface area contributed by atoms with Crippen molar-refractivity contribution in [2.24, 2.45) is 7.05 Å². The zero-order valence-corrected chi connectivity index (χ0v) is 18.8. The maximum atomic E-state index is 12.8. The Morgan fingerprint density at radius 3 is 2.77 bits per heavy atom. The van der Waals surface area contributed by atoms with Crippen molar-refractivity contribution in [2.75, 3.05) is 4.72 Å². The van der Waals surface area contributed by atoms with Crippen LogP contribution in [-0.4, -0.2) is 33.4 Å². The third-order valence-corrected chi connectivity index (χ3v) is 6.69. The first-order valence-electron chi connectivity index (χ1n) is 8.65. The molecule has 0 amide bonds. The van der Waals surface area contributed by atoms with Crippen LogP contribution in [0, 0.1) is 0 Å². The van der Waals surface area contributed by atoms with Crippen molar-refractivity contribution in [3.63, 3.8) is 0 Å². The largest absolute Gasteiger partial charge is 0.470 e. The van der Waals surface area contributed by atoms with Crippen molar-refractivity contribution in [1.29, 1.82) is 0 Å². The number of anilines is 1. The second-order valence-corrected chi connectivity index (χ2v) is 9.15. The van der Waals surface area contributed by atoms with Gasteiger partial charge in [-0.15, -0.1) is 5.10 Å². The van der Waals surface area contributed by atoms with Gasteiger partial charge in [-0.25, -0.2) is 18.1 Å². The summed E-state index contributed by atoms with van der Waals surface area (Å²) in [5, 5.41) is 8.03. The van der Waals surface area contributed by atoms with E-state index in [4.69, 9.17) is 39.5 Å². The number of aromatic nitrogens is 5. The second kappa shape index (κ2) is 8.46. The van der Waals surface area contributed by atoms with Crippen molar-refractivity contribution < 1.29 is 13.2 Å². The normalized spacial score (nSPS) is 11.6. The smallest absolute Gasteiger partial charge is 0.264 e. The number of halogens is 3. The predicted molar refractivity (Wildman–Crippen MR) is 117 cm³/mol. The maximum absolute atomic E-state index is 12.8. The van der Waals surface area contributed by atoms with Crippen LogP contribution in [0.2, 0.25) is 15.2 Å². The van der Waals surface area contributed by atoms with Crippen LogP contribution in [0.5, 0.6) is 5.88 Å². The van der Waals surface area contributed by atoms with Gasteiger partial charge < -0.3 is 4.74 Å². The van der Waals surface area contributed by atoms with Gasteiger partial charge in [-0.05, 0) is 29.8 Å². The molecule has 160 valence electrons. The molecule has 0 saturated carbocycles. The summed E-state index contributed by atoms with van der Waals surface area (Å²) in [5.74, 6) is -0.255. The van der Waals surface area contributed by atoms with E-state index in [1.807, 2.05) is 12.1 Å². The first kappa shape index (κ1) is 21.6. The van der Waals surface area contributed by atoms with E-state index in [-0.39, 0.29) is 38.4 Å². The van der Waals surface area contributed by atoms with Crippen LogP contribution in [0.3, 0.4) is 0 Å². The minimum Gasteiger partial charge on any atom is -0.470 e. The Bertz CT molecular complexity index is 1390. The highest BCUT2D eigenvalue weighted by molar-refractivity contribution is 7.92. The van der Waals surface area contributed by atoms with E-state index in [1.165, 1.54) is 24.4 Å². The molecule has 2 aromatic heterocycles. The summed E-state index contributed by atoms with van der Waals surface area (Å²) in [4.78, 5) is 7.82. The highest BCUT2D eigenvalue weighted by atomic mass is 35.5. The molecule has 0 aliphatic rings. The molecule has 0 aliphatic heterocycles. The Balaban J connectivity index is 1.60. The third-order valence-electron chi connectivity index (χ3n) is 4.20. The molecular formula is C18H13Cl3N6O3S. The van der Waals surface area contributed by atoms with Crippen molar-refractivity contribution in [1.82, 2.24) is 25.0 Å². The Morgan fingerprint density at radius 2 is 1.97 bits per heavy atom. The molecule has 13 heteroatoms. The van der Waals surface area contributed by atoms with Crippen LogP contribution >= 0.6 is 34.8 Å². The third kappa shape index (κ3) is 4.52. The van der Waals surface area contributed by atoms with Gasteiger partial charge in [0.25, 0.3) is 15.9 Å². The van der Waals surface area contributed by atoms with E-state index in [1.54, 1.807) is 17.8 Å². The quantitative estimate of drug-likeness (QED) is 0.425. The van der Waals surface area contributed by atoms with E-state index in [0.717, 1.165) is 11.1 Å². The summed E-state index contributed by atoms with van der Waals surface area (Å²) in [6, 6.07) is 9.75. The van der Waals surface area contributed by atoms with Gasteiger partial charge >= 0.3 is 0 Å². The number of nitrogens with zero attached hydrogens (tertiary/aromatic N) is 5. The van der Waals surface area contributed by atoms with Gasteiger partial charge in [0.05, 0.1) is 21.8 Å². The lowest BCUT2D eigenvalue weighted by Gasteiger charge is -2.13. The minimum atomic E-state index is -4.12. The Kier molecular flexibility index (Phi) is 5.89. The number of hydrogen-bond donors (Lipinski definition) is 1. The van der Waals surface area contributed by atoms with Crippen LogP contribution in [0.1, 0.15) is 5.56 Å². The van der Waals surface area contributed by atoms with Crippen molar-refractivity contribution in [3.8, 4) is 5.88 Å². The molecule has 0 saturated heterocycles. The van der Waals surface area contributed by atoms with Gasteiger partial charge in [0.2, 0.25) is 5.82 Å². The van der Waals surface area contributed by atoms with Gasteiger partial charge in [-0.2, -0.15) is 4.98 Å². The van der Waals surface area contributed by atoms with Gasteiger partial charge in [0.1, 0.15) is 17.0 Å². The molecule has 0 spiro atoms. The SMILES string of the molecule is Cn1nnc2cc(COc3nc(Cl)cnc3NS(=O)(=O)c3cccc(Cl)c3Cl)ccc21. The van der Waals surface area contributed by atoms with Crippen LogP contribution in [0.4, 0.5) is 5.82 Å². The van der Waals surface area contributed by atoms with E-state index >= 15 is 0 Å². The van der Waals surface area contributed by atoms with E-state index in [0.29, 0.717) is 5.52 Å². The van der Waals surface area contributed by atoms with E-state index < -0.39 is 10.0 Å². The number of rotatable bonds is 6. The van der Waals surface area contributed by atoms with Gasteiger partial charge in [0, 0.05) is 7.05 Å². The van der Waals surface area contributed by atoms with Gasteiger partial charge in [-0.1, -0.05) is 52.1 Å². The second-order valence-electron chi connectivity index (χ2n) is 6.33. The first-order chi connectivity index (χ1) is 14.7. The Labute approximate surface area is 192 Å². The zero-order valence-electron chi connectivity index (χ0n) is 15.8. The summed E-state index contributed by atoms with van der Waals surface area (Å²) in [7, 11) is -2.33. The lowest BCUT2D eigenvalue weighted by Crippen LogP contribution is -2.16. The number of ether oxygens (including phenoxy) is 1. The molecule has 0 aliphatic carbocycles. The first-order valence-corrected chi connectivity index (χ1v) is 11.3. The fourth-order valence-electron chi connectivity index (χ4n) is 2.72. The van der Waals surface area contributed by atoms with Crippen LogP contribution in [0.15, 0.2) is 47.5 Å². The lowest BCUT2D eigenvalue weighted by atomic mass is 10.2. The standard InChI is InChI=1S/C18H13Cl3N6O3S/c1-27-13-6-5-10(7-12(13)24-26-27)9-30-18-17(22-8-15(20)23-18)25-31(28,29)14-4-2-3-11(19)16(14)21/h2-8H,9H2,1H3,(H,22,25). The molecule has 0 unspecified atom stereocenters. The number of sulfonamides is 1. The predicted octanol–water partition coefficient (Wildman–Crippen LogP) is 4.10. The molecule has 0 bridgehead atoms. The molecule has 4 rings (SSSR count). The molecule has 4 aromatic rings. The Hall–Kier alpha value is -2.66. The summed E-state index contributed by atoms with van der Waals surface area (Å²) in [6.45, 7) is 0.0637. The van der Waals surface area contributed by atoms with Gasteiger partial charge in [0.15, 0.2) is 5.15 Å². The van der Waals surface area contributed by atoms with Crippen LogP contribution in [0.25, 0.3) is 11.0 Å². The lowest BCUT2D eigenvalue weighted by molar-refractivity contribution is 0.295. The highest BCUT2D eigenvalue weighted by Crippen LogP contribution is 2.31. The highest BCUT2D eigenvalue weighted by Gasteiger charge is 2.23. The average molecular weight is 500 g/mol. The number of aryl methyl sites for hydroxylation is 1. The number of benzene rings is 2. The van der Waals surface area contributed by atoms with E-state index in [9.17, 15) is 8.42 Å². The topological polar surface area (TPSA) is 112 Å². The van der Waals surface area contributed by atoms with Crippen molar-refractivity contribution >= 4 is 61.7 Å². The summed E-state index contributed by atoms with van der Waals surface area (Å²) < 4.78 is 35.3. The molecule has 0 radical (unpaired) electrons. The minimum absolute atomic E-state index is 0.0307. The molecular weight excluding hydrogens is 487 g/mol. The average Bonchev–Trinajstić information content (AvgIpc) is 3.10. The van der Waals surface area contributed by atoms with Crippen molar-refractivity contribution in [2.45, 2.75) is 11.5 Å². The number of hydrogen-bond acceptors (Lipinski definition) is 7. The summed E-state index contributed by atoms with van der Waals surface area (Å²) in [5.41, 5.74) is 2.32. The molecule has 0 fully saturated rings. The van der Waals surface area contributed by atoms with Crippen molar-refractivity contribution in [3.05, 3.63) is 63.4 Å². The Morgan fingerprint density at radius 1 is 1.16 bits per heavy atom. The zero-order chi connectivity index (χ0) is 22.2. The molecule has 9 nitrogen and oxygen atoms in total. The number of fused-ring (bicyclic) bond motifs is 1.